The van der Waals surface area contributed by atoms with Crippen LogP contribution in [-0.4, -0.2) is 31.6 Å². The molecule has 110 valence electrons. The second-order valence-corrected chi connectivity index (χ2v) is 4.96. The van der Waals surface area contributed by atoms with Crippen molar-refractivity contribution < 1.29 is 9.47 Å². The summed E-state index contributed by atoms with van der Waals surface area (Å²) in [5.74, 6) is 1.33. The quantitative estimate of drug-likeness (QED) is 0.464. The van der Waals surface area contributed by atoms with Gasteiger partial charge in [0.15, 0.2) is 16.6 Å². The minimum Gasteiger partial charge on any atom is -0.493 e. The monoisotopic (exact) mass is 359 g/mol. The first kappa shape index (κ1) is 16.7. The average molecular weight is 360 g/mol. The molecule has 5 nitrogen and oxygen atoms in total. The summed E-state index contributed by atoms with van der Waals surface area (Å²) in [6.45, 7) is 5.21. The molecular formula is C13H18BrN3O2S. The highest BCUT2D eigenvalue weighted by atomic mass is 79.9. The lowest BCUT2D eigenvalue weighted by Crippen LogP contribution is -2.31. The molecule has 0 amide bonds. The molecule has 1 rings (SSSR count). The number of halogens is 1. The number of nitrogens with one attached hydrogen (secondary N) is 2. The predicted molar refractivity (Wildman–Crippen MR) is 88.9 cm³/mol. The molecule has 0 unspecified atom stereocenters. The van der Waals surface area contributed by atoms with Gasteiger partial charge in [0.25, 0.3) is 0 Å². The van der Waals surface area contributed by atoms with Gasteiger partial charge in [0.2, 0.25) is 0 Å². The number of nitrogens with zero attached hydrogens (tertiary/aromatic N) is 1. The lowest BCUT2D eigenvalue weighted by atomic mass is 10.2. The van der Waals surface area contributed by atoms with E-state index < -0.39 is 0 Å². The number of hydrogen-bond donors (Lipinski definition) is 2. The van der Waals surface area contributed by atoms with Crippen LogP contribution in [0.3, 0.4) is 0 Å². The van der Waals surface area contributed by atoms with E-state index in [0.717, 1.165) is 16.6 Å². The van der Waals surface area contributed by atoms with Gasteiger partial charge in [0.05, 0.1) is 24.4 Å². The lowest BCUT2D eigenvalue weighted by molar-refractivity contribution is 0.309. The second-order valence-electron chi connectivity index (χ2n) is 3.70. The zero-order valence-corrected chi connectivity index (χ0v) is 14.1. The highest BCUT2D eigenvalue weighted by Crippen LogP contribution is 2.36. The maximum Gasteiger partial charge on any atom is 0.186 e. The molecule has 0 fully saturated rings. The van der Waals surface area contributed by atoms with Gasteiger partial charge in [-0.15, -0.1) is 0 Å². The number of rotatable bonds is 6. The first-order chi connectivity index (χ1) is 9.62. The van der Waals surface area contributed by atoms with Crippen molar-refractivity contribution in [2.75, 3.05) is 20.3 Å². The van der Waals surface area contributed by atoms with E-state index in [0.29, 0.717) is 23.2 Å². The molecule has 0 aliphatic heterocycles. The molecular weight excluding hydrogens is 342 g/mol. The van der Waals surface area contributed by atoms with Gasteiger partial charge in [-0.3, -0.25) is 5.43 Å². The molecule has 0 aromatic heterocycles. The third-order valence-corrected chi connectivity index (χ3v) is 3.08. The number of hydrogen-bond acceptors (Lipinski definition) is 4. The van der Waals surface area contributed by atoms with E-state index in [9.17, 15) is 0 Å². The molecule has 1 aromatic rings. The summed E-state index contributed by atoms with van der Waals surface area (Å²) in [7, 11) is 1.60. The van der Waals surface area contributed by atoms with Crippen molar-refractivity contribution in [1.82, 2.24) is 10.7 Å². The number of thiocarbonyl (C=S) groups is 1. The third-order valence-electron chi connectivity index (χ3n) is 2.26. The van der Waals surface area contributed by atoms with Gasteiger partial charge in [0, 0.05) is 6.54 Å². The molecule has 0 bridgehead atoms. The first-order valence-corrected chi connectivity index (χ1v) is 7.39. The summed E-state index contributed by atoms with van der Waals surface area (Å²) in [5, 5.41) is 7.49. The Morgan fingerprint density at radius 3 is 2.80 bits per heavy atom. The largest absolute Gasteiger partial charge is 0.493 e. The van der Waals surface area contributed by atoms with Gasteiger partial charge < -0.3 is 14.8 Å². The van der Waals surface area contributed by atoms with E-state index in [2.05, 4.69) is 31.8 Å². The van der Waals surface area contributed by atoms with Gasteiger partial charge in [-0.1, -0.05) is 0 Å². The normalized spacial score (nSPS) is 10.4. The van der Waals surface area contributed by atoms with E-state index >= 15 is 0 Å². The maximum absolute atomic E-state index is 5.53. The van der Waals surface area contributed by atoms with Crippen LogP contribution in [0, 0.1) is 0 Å². The molecule has 0 saturated carbocycles. The van der Waals surface area contributed by atoms with E-state index in [1.165, 1.54) is 0 Å². The third kappa shape index (κ3) is 4.97. The summed E-state index contributed by atoms with van der Waals surface area (Å²) >= 11 is 8.47. The summed E-state index contributed by atoms with van der Waals surface area (Å²) in [6.07, 6.45) is 1.66. The van der Waals surface area contributed by atoms with Crippen LogP contribution < -0.4 is 20.2 Å². The van der Waals surface area contributed by atoms with Gasteiger partial charge in [-0.25, -0.2) is 0 Å². The Morgan fingerprint density at radius 2 is 2.20 bits per heavy atom. The van der Waals surface area contributed by atoms with Crippen LogP contribution in [0.25, 0.3) is 0 Å². The average Bonchev–Trinajstić information content (AvgIpc) is 2.41. The summed E-state index contributed by atoms with van der Waals surface area (Å²) in [5.41, 5.74) is 3.60. The van der Waals surface area contributed by atoms with E-state index in [4.69, 9.17) is 21.7 Å². The van der Waals surface area contributed by atoms with Crippen molar-refractivity contribution in [2.24, 2.45) is 5.10 Å². The highest BCUT2D eigenvalue weighted by Gasteiger charge is 2.10. The standard InChI is InChI=1S/C13H18BrN3O2S/c1-4-15-13(20)17-16-8-9-6-10(14)12(19-5-2)11(7-9)18-3/h6-8H,4-5H2,1-3H3,(H2,15,17,20). The number of benzene rings is 1. The molecule has 0 spiro atoms. The van der Waals surface area contributed by atoms with Crippen molar-refractivity contribution in [3.05, 3.63) is 22.2 Å². The first-order valence-electron chi connectivity index (χ1n) is 6.19. The Bertz CT molecular complexity index is 495. The Hall–Kier alpha value is -1.34. The minimum atomic E-state index is 0.487. The molecule has 0 atom stereocenters. The molecule has 0 aliphatic rings. The molecule has 0 radical (unpaired) electrons. The number of ether oxygens (including phenoxy) is 2. The Kier molecular flexibility index (Phi) is 7.32. The second kappa shape index (κ2) is 8.76. The summed E-state index contributed by atoms with van der Waals surface area (Å²) < 4.78 is 11.6. The number of methoxy groups -OCH3 is 1. The van der Waals surface area contributed by atoms with E-state index in [1.54, 1.807) is 13.3 Å². The molecule has 20 heavy (non-hydrogen) atoms. The van der Waals surface area contributed by atoms with Gasteiger partial charge in [-0.2, -0.15) is 5.10 Å². The van der Waals surface area contributed by atoms with Crippen LogP contribution in [-0.2, 0) is 0 Å². The Balaban J connectivity index is 2.84. The molecule has 0 saturated heterocycles. The predicted octanol–water partition coefficient (Wildman–Crippen LogP) is 2.67. The van der Waals surface area contributed by atoms with Crippen molar-refractivity contribution in [3.8, 4) is 11.5 Å². The van der Waals surface area contributed by atoms with Crippen molar-refractivity contribution in [1.29, 1.82) is 0 Å². The summed E-state index contributed by atoms with van der Waals surface area (Å²) in [6, 6.07) is 3.74. The van der Waals surface area contributed by atoms with Crippen LogP contribution in [0.15, 0.2) is 21.7 Å². The maximum atomic E-state index is 5.53. The zero-order chi connectivity index (χ0) is 15.0. The SMILES string of the molecule is CCNC(=S)NN=Cc1cc(Br)c(OCC)c(OC)c1. The smallest absolute Gasteiger partial charge is 0.186 e. The van der Waals surface area contributed by atoms with Crippen LogP contribution in [0.5, 0.6) is 11.5 Å². The van der Waals surface area contributed by atoms with E-state index in [-0.39, 0.29) is 0 Å². The summed E-state index contributed by atoms with van der Waals surface area (Å²) in [4.78, 5) is 0. The van der Waals surface area contributed by atoms with Crippen LogP contribution in [0.2, 0.25) is 0 Å². The van der Waals surface area contributed by atoms with Crippen molar-refractivity contribution in [3.63, 3.8) is 0 Å². The van der Waals surface area contributed by atoms with Crippen LogP contribution in [0.1, 0.15) is 19.4 Å². The fourth-order valence-electron chi connectivity index (χ4n) is 1.46. The van der Waals surface area contributed by atoms with E-state index in [1.807, 2.05) is 26.0 Å². The fraction of sp³-hybridized carbons (Fsp3) is 0.385. The molecule has 2 N–H and O–H groups in total. The Labute approximate surface area is 132 Å². The Morgan fingerprint density at radius 1 is 1.45 bits per heavy atom. The fourth-order valence-corrected chi connectivity index (χ4v) is 2.24. The minimum absolute atomic E-state index is 0.487. The topological polar surface area (TPSA) is 54.9 Å². The molecule has 1 aromatic carbocycles. The molecule has 7 heteroatoms. The zero-order valence-electron chi connectivity index (χ0n) is 11.7. The molecule has 0 heterocycles. The lowest BCUT2D eigenvalue weighted by Gasteiger charge is -2.12. The highest BCUT2D eigenvalue weighted by molar-refractivity contribution is 9.10. The number of hydrazone groups is 1. The van der Waals surface area contributed by atoms with Gasteiger partial charge >= 0.3 is 0 Å². The van der Waals surface area contributed by atoms with Gasteiger partial charge in [-0.05, 0) is 59.7 Å². The van der Waals surface area contributed by atoms with Crippen molar-refractivity contribution >= 4 is 39.5 Å². The van der Waals surface area contributed by atoms with Crippen LogP contribution >= 0.6 is 28.1 Å². The van der Waals surface area contributed by atoms with Crippen molar-refractivity contribution in [2.45, 2.75) is 13.8 Å². The van der Waals surface area contributed by atoms with Crippen LogP contribution in [0.4, 0.5) is 0 Å². The molecule has 0 aliphatic carbocycles. The van der Waals surface area contributed by atoms with Gasteiger partial charge in [0.1, 0.15) is 0 Å².